The van der Waals surface area contributed by atoms with Crippen LogP contribution in [0.3, 0.4) is 0 Å². The Kier molecular flexibility index (Phi) is 4.91. The van der Waals surface area contributed by atoms with Crippen LogP contribution in [-0.2, 0) is 10.8 Å². The number of benzene rings is 1. The molecular weight excluding hydrogens is 275 g/mol. The predicted octanol–water partition coefficient (Wildman–Crippen LogP) is 3.89. The van der Waals surface area contributed by atoms with Gasteiger partial charge in [0, 0.05) is 5.41 Å². The fourth-order valence-corrected chi connectivity index (χ4v) is 1.53. The van der Waals surface area contributed by atoms with Gasteiger partial charge < -0.3 is 0 Å². The van der Waals surface area contributed by atoms with Crippen LogP contribution in [-0.4, -0.2) is 7.33 Å². The second kappa shape index (κ2) is 5.74. The largest absolute Gasteiger partial charge is 0.270 e. The standard InChI is InChI=1S/C10H7Cl3OS/c11-10(12,13)15(14)8-4-7-9-5-2-1-3-6-9/h1-3,5-8H. The number of rotatable bonds is 2. The smallest absolute Gasteiger partial charge is 0.250 e. The Labute approximate surface area is 106 Å². The van der Waals surface area contributed by atoms with E-state index in [9.17, 15) is 4.21 Å². The first-order valence-electron chi connectivity index (χ1n) is 3.95. The van der Waals surface area contributed by atoms with Gasteiger partial charge in [-0.05, 0) is 11.6 Å². The monoisotopic (exact) mass is 280 g/mol. The molecule has 0 saturated heterocycles. The SMILES string of the molecule is O=S(C=C=Cc1ccccc1)C(Cl)(Cl)Cl. The maximum Gasteiger partial charge on any atom is 0.270 e. The summed E-state index contributed by atoms with van der Waals surface area (Å²) in [6.07, 6.45) is 1.66. The summed E-state index contributed by atoms with van der Waals surface area (Å²) in [6.45, 7) is 0. The third kappa shape index (κ3) is 4.87. The average molecular weight is 282 g/mol. The first kappa shape index (κ1) is 12.8. The fraction of sp³-hybridized carbons (Fsp3) is 0.100. The molecule has 15 heavy (non-hydrogen) atoms. The summed E-state index contributed by atoms with van der Waals surface area (Å²) in [5.74, 6) is 0. The Bertz CT molecular complexity index is 402. The Morgan fingerprint density at radius 1 is 1.20 bits per heavy atom. The van der Waals surface area contributed by atoms with Crippen LogP contribution in [0, 0.1) is 0 Å². The Balaban J connectivity index is 2.75. The second-order valence-corrected chi connectivity index (χ2v) is 6.98. The summed E-state index contributed by atoms with van der Waals surface area (Å²) in [7, 11) is -1.68. The van der Waals surface area contributed by atoms with E-state index in [4.69, 9.17) is 34.8 Å². The van der Waals surface area contributed by atoms with E-state index in [1.807, 2.05) is 30.3 Å². The van der Waals surface area contributed by atoms with Crippen molar-refractivity contribution in [1.29, 1.82) is 0 Å². The average Bonchev–Trinajstić information content (AvgIpc) is 2.18. The lowest BCUT2D eigenvalue weighted by molar-refractivity contribution is 0.688. The summed E-state index contributed by atoms with van der Waals surface area (Å²) < 4.78 is 9.44. The first-order valence-corrected chi connectivity index (χ1v) is 6.30. The normalized spacial score (nSPS) is 12.7. The molecule has 0 aliphatic carbocycles. The zero-order valence-corrected chi connectivity index (χ0v) is 10.6. The van der Waals surface area contributed by atoms with E-state index < -0.39 is 13.9 Å². The van der Waals surface area contributed by atoms with Crippen molar-refractivity contribution in [1.82, 2.24) is 0 Å². The molecular formula is C10H7Cl3OS. The molecule has 0 N–H and O–H groups in total. The van der Waals surface area contributed by atoms with Crippen molar-refractivity contribution >= 4 is 51.7 Å². The van der Waals surface area contributed by atoms with Crippen LogP contribution in [0.1, 0.15) is 5.56 Å². The third-order valence-corrected chi connectivity index (χ3v) is 3.63. The van der Waals surface area contributed by atoms with E-state index in [-0.39, 0.29) is 0 Å². The zero-order valence-electron chi connectivity index (χ0n) is 7.49. The van der Waals surface area contributed by atoms with Crippen LogP contribution in [0.15, 0.2) is 41.5 Å². The summed E-state index contributed by atoms with van der Waals surface area (Å²) in [6, 6.07) is 9.46. The molecule has 1 unspecified atom stereocenters. The van der Waals surface area contributed by atoms with Gasteiger partial charge in [-0.15, -0.1) is 5.73 Å². The lowest BCUT2D eigenvalue weighted by atomic mass is 10.2. The highest BCUT2D eigenvalue weighted by Gasteiger charge is 2.26. The van der Waals surface area contributed by atoms with Gasteiger partial charge in [0.25, 0.3) is 3.12 Å². The highest BCUT2D eigenvalue weighted by Crippen LogP contribution is 2.30. The van der Waals surface area contributed by atoms with Crippen molar-refractivity contribution in [3.8, 4) is 0 Å². The minimum atomic E-state index is -1.79. The molecule has 1 aromatic carbocycles. The molecule has 80 valence electrons. The van der Waals surface area contributed by atoms with Crippen molar-refractivity contribution in [2.24, 2.45) is 0 Å². The fourth-order valence-electron chi connectivity index (χ4n) is 0.808. The van der Waals surface area contributed by atoms with Gasteiger partial charge in [0.1, 0.15) is 10.8 Å². The quantitative estimate of drug-likeness (QED) is 0.594. The van der Waals surface area contributed by atoms with Gasteiger partial charge in [-0.1, -0.05) is 65.1 Å². The Morgan fingerprint density at radius 2 is 1.80 bits per heavy atom. The van der Waals surface area contributed by atoms with Crippen LogP contribution < -0.4 is 0 Å². The summed E-state index contributed by atoms with van der Waals surface area (Å²) >= 11 is 16.2. The minimum Gasteiger partial charge on any atom is -0.250 e. The molecule has 0 aromatic heterocycles. The molecule has 1 atom stereocenters. The summed E-state index contributed by atoms with van der Waals surface area (Å²) in [4.78, 5) is 0. The number of hydrogen-bond donors (Lipinski definition) is 0. The van der Waals surface area contributed by atoms with Crippen molar-refractivity contribution < 1.29 is 4.21 Å². The maximum atomic E-state index is 11.2. The lowest BCUT2D eigenvalue weighted by Gasteiger charge is -2.03. The first-order chi connectivity index (χ1) is 7.00. The molecule has 5 heteroatoms. The Morgan fingerprint density at radius 3 is 2.33 bits per heavy atom. The second-order valence-electron chi connectivity index (χ2n) is 2.58. The molecule has 0 spiro atoms. The van der Waals surface area contributed by atoms with Crippen LogP contribution in [0.2, 0.25) is 0 Å². The molecule has 0 aliphatic heterocycles. The molecule has 0 radical (unpaired) electrons. The van der Waals surface area contributed by atoms with Crippen molar-refractivity contribution in [3.05, 3.63) is 47.0 Å². The highest BCUT2D eigenvalue weighted by molar-refractivity contribution is 7.93. The van der Waals surface area contributed by atoms with Crippen LogP contribution in [0.4, 0.5) is 0 Å². The third-order valence-electron chi connectivity index (χ3n) is 1.45. The van der Waals surface area contributed by atoms with Gasteiger partial charge in [-0.3, -0.25) is 0 Å². The van der Waals surface area contributed by atoms with Gasteiger partial charge in [-0.2, -0.15) is 0 Å². The Hall–Kier alpha value is -0.240. The topological polar surface area (TPSA) is 17.1 Å². The van der Waals surface area contributed by atoms with Crippen molar-refractivity contribution in [2.75, 3.05) is 0 Å². The van der Waals surface area contributed by atoms with Crippen LogP contribution in [0.25, 0.3) is 6.08 Å². The van der Waals surface area contributed by atoms with Gasteiger partial charge >= 0.3 is 0 Å². The summed E-state index contributed by atoms with van der Waals surface area (Å²) in [5.41, 5.74) is 3.64. The molecule has 1 aromatic rings. The number of halogens is 3. The van der Waals surface area contributed by atoms with Gasteiger partial charge in [-0.25, -0.2) is 4.21 Å². The van der Waals surface area contributed by atoms with E-state index in [2.05, 4.69) is 5.73 Å². The van der Waals surface area contributed by atoms with E-state index in [1.54, 1.807) is 6.08 Å². The molecule has 0 bridgehead atoms. The summed E-state index contributed by atoms with van der Waals surface area (Å²) in [5, 5.41) is 1.22. The molecule has 0 fully saturated rings. The van der Waals surface area contributed by atoms with Gasteiger partial charge in [0.15, 0.2) is 0 Å². The zero-order chi connectivity index (χ0) is 11.3. The van der Waals surface area contributed by atoms with E-state index in [0.29, 0.717) is 0 Å². The molecule has 0 saturated carbocycles. The van der Waals surface area contributed by atoms with E-state index >= 15 is 0 Å². The maximum absolute atomic E-state index is 11.2. The number of alkyl halides is 3. The lowest BCUT2D eigenvalue weighted by Crippen LogP contribution is -2.07. The van der Waals surface area contributed by atoms with E-state index in [1.165, 1.54) is 5.41 Å². The molecule has 1 rings (SSSR count). The van der Waals surface area contributed by atoms with Crippen molar-refractivity contribution in [2.45, 2.75) is 3.12 Å². The molecule has 0 aliphatic rings. The number of hydrogen-bond acceptors (Lipinski definition) is 1. The van der Waals surface area contributed by atoms with E-state index in [0.717, 1.165) is 5.56 Å². The van der Waals surface area contributed by atoms with Crippen molar-refractivity contribution in [3.63, 3.8) is 0 Å². The minimum absolute atomic E-state index is 0.940. The molecule has 0 amide bonds. The molecule has 0 heterocycles. The molecule has 1 nitrogen and oxygen atoms in total. The van der Waals surface area contributed by atoms with Gasteiger partial charge in [0.2, 0.25) is 0 Å². The van der Waals surface area contributed by atoms with Gasteiger partial charge in [0.05, 0.1) is 0 Å². The predicted molar refractivity (Wildman–Crippen MR) is 67.4 cm³/mol. The van der Waals surface area contributed by atoms with Crippen LogP contribution >= 0.6 is 34.8 Å². The van der Waals surface area contributed by atoms with Crippen LogP contribution in [0.5, 0.6) is 0 Å². The highest BCUT2D eigenvalue weighted by atomic mass is 35.6.